The van der Waals surface area contributed by atoms with Crippen molar-refractivity contribution in [2.24, 2.45) is 11.7 Å². The van der Waals surface area contributed by atoms with E-state index in [1.807, 2.05) is 0 Å². The van der Waals surface area contributed by atoms with Crippen molar-refractivity contribution in [2.75, 3.05) is 33.4 Å². The fourth-order valence-corrected chi connectivity index (χ4v) is 2.54. The predicted molar refractivity (Wildman–Crippen MR) is 63.9 cm³/mol. The third-order valence-electron chi connectivity index (χ3n) is 3.44. The Morgan fingerprint density at radius 1 is 1.20 bits per heavy atom. The SMILES string of the molecule is COCC(C)C(CN)N1CCCCCC1. The summed E-state index contributed by atoms with van der Waals surface area (Å²) >= 11 is 0. The molecule has 90 valence electrons. The number of hydrogen-bond acceptors (Lipinski definition) is 3. The van der Waals surface area contributed by atoms with Gasteiger partial charge in [0.2, 0.25) is 0 Å². The van der Waals surface area contributed by atoms with Gasteiger partial charge in [-0.3, -0.25) is 4.90 Å². The number of nitrogens with two attached hydrogens (primary N) is 1. The molecule has 0 aromatic heterocycles. The zero-order valence-corrected chi connectivity index (χ0v) is 10.2. The lowest BCUT2D eigenvalue weighted by Gasteiger charge is -2.33. The first-order valence-electron chi connectivity index (χ1n) is 6.22. The third kappa shape index (κ3) is 4.09. The van der Waals surface area contributed by atoms with Crippen molar-refractivity contribution in [3.05, 3.63) is 0 Å². The lowest BCUT2D eigenvalue weighted by atomic mass is 10.0. The molecule has 0 aliphatic carbocycles. The summed E-state index contributed by atoms with van der Waals surface area (Å²) in [5.41, 5.74) is 5.89. The molecule has 0 radical (unpaired) electrons. The zero-order chi connectivity index (χ0) is 11.1. The Kier molecular flexibility index (Phi) is 6.22. The molecule has 3 heteroatoms. The van der Waals surface area contributed by atoms with E-state index < -0.39 is 0 Å². The van der Waals surface area contributed by atoms with Gasteiger partial charge < -0.3 is 10.5 Å². The Morgan fingerprint density at radius 3 is 2.27 bits per heavy atom. The number of rotatable bonds is 5. The van der Waals surface area contributed by atoms with Crippen molar-refractivity contribution in [1.29, 1.82) is 0 Å². The second-order valence-corrected chi connectivity index (χ2v) is 4.69. The van der Waals surface area contributed by atoms with Crippen molar-refractivity contribution in [3.8, 4) is 0 Å². The van der Waals surface area contributed by atoms with Crippen LogP contribution >= 0.6 is 0 Å². The quantitative estimate of drug-likeness (QED) is 0.753. The fraction of sp³-hybridized carbons (Fsp3) is 1.00. The fourth-order valence-electron chi connectivity index (χ4n) is 2.54. The molecule has 0 aromatic rings. The largest absolute Gasteiger partial charge is 0.384 e. The molecule has 1 fully saturated rings. The van der Waals surface area contributed by atoms with Crippen LogP contribution in [0, 0.1) is 5.92 Å². The van der Waals surface area contributed by atoms with Crippen LogP contribution in [-0.4, -0.2) is 44.3 Å². The summed E-state index contributed by atoms with van der Waals surface area (Å²) in [6, 6.07) is 0.503. The molecule has 1 aliphatic heterocycles. The maximum absolute atomic E-state index is 5.89. The molecule has 1 rings (SSSR count). The molecule has 0 amide bonds. The van der Waals surface area contributed by atoms with Crippen LogP contribution in [0.4, 0.5) is 0 Å². The van der Waals surface area contributed by atoms with Crippen molar-refractivity contribution in [3.63, 3.8) is 0 Å². The van der Waals surface area contributed by atoms with E-state index in [4.69, 9.17) is 10.5 Å². The topological polar surface area (TPSA) is 38.5 Å². The van der Waals surface area contributed by atoms with Crippen LogP contribution in [0.2, 0.25) is 0 Å². The summed E-state index contributed by atoms with van der Waals surface area (Å²) in [5, 5.41) is 0. The summed E-state index contributed by atoms with van der Waals surface area (Å²) in [6.45, 7) is 6.25. The summed E-state index contributed by atoms with van der Waals surface area (Å²) in [4.78, 5) is 2.57. The Hall–Kier alpha value is -0.120. The van der Waals surface area contributed by atoms with Gasteiger partial charge in [-0.05, 0) is 31.8 Å². The van der Waals surface area contributed by atoms with Crippen molar-refractivity contribution < 1.29 is 4.74 Å². The van der Waals surface area contributed by atoms with Gasteiger partial charge in [-0.25, -0.2) is 0 Å². The normalized spacial score (nSPS) is 23.4. The number of methoxy groups -OCH3 is 1. The first kappa shape index (κ1) is 12.9. The molecule has 15 heavy (non-hydrogen) atoms. The van der Waals surface area contributed by atoms with E-state index in [1.165, 1.54) is 38.8 Å². The molecule has 0 aromatic carbocycles. The van der Waals surface area contributed by atoms with Crippen molar-refractivity contribution in [1.82, 2.24) is 4.90 Å². The minimum atomic E-state index is 0.503. The van der Waals surface area contributed by atoms with Gasteiger partial charge in [0.25, 0.3) is 0 Å². The molecular weight excluding hydrogens is 188 g/mol. The van der Waals surface area contributed by atoms with Crippen LogP contribution in [0.15, 0.2) is 0 Å². The third-order valence-corrected chi connectivity index (χ3v) is 3.44. The van der Waals surface area contributed by atoms with Gasteiger partial charge >= 0.3 is 0 Å². The zero-order valence-electron chi connectivity index (χ0n) is 10.2. The van der Waals surface area contributed by atoms with E-state index in [1.54, 1.807) is 7.11 Å². The standard InChI is InChI=1S/C12H26N2O/c1-11(10-15-2)12(9-13)14-7-5-3-4-6-8-14/h11-12H,3-10,13H2,1-2H3. The van der Waals surface area contributed by atoms with E-state index in [0.29, 0.717) is 12.0 Å². The Bertz CT molecular complexity index is 156. The average molecular weight is 214 g/mol. The van der Waals surface area contributed by atoms with E-state index >= 15 is 0 Å². The molecule has 0 saturated carbocycles. The average Bonchev–Trinajstić information content (AvgIpc) is 2.48. The van der Waals surface area contributed by atoms with Gasteiger partial charge in [-0.2, -0.15) is 0 Å². The molecule has 1 saturated heterocycles. The Morgan fingerprint density at radius 2 is 1.80 bits per heavy atom. The Balaban J connectivity index is 2.47. The smallest absolute Gasteiger partial charge is 0.0503 e. The lowest BCUT2D eigenvalue weighted by Crippen LogP contribution is -2.46. The van der Waals surface area contributed by atoms with E-state index in [2.05, 4.69) is 11.8 Å². The predicted octanol–water partition coefficient (Wildman–Crippen LogP) is 1.47. The van der Waals surface area contributed by atoms with Crippen LogP contribution in [0.3, 0.4) is 0 Å². The number of nitrogens with zero attached hydrogens (tertiary/aromatic N) is 1. The highest BCUT2D eigenvalue weighted by molar-refractivity contribution is 4.79. The Labute approximate surface area is 94.0 Å². The first-order valence-corrected chi connectivity index (χ1v) is 6.22. The van der Waals surface area contributed by atoms with E-state index in [-0.39, 0.29) is 0 Å². The number of hydrogen-bond donors (Lipinski definition) is 1. The summed E-state index contributed by atoms with van der Waals surface area (Å²) < 4.78 is 5.23. The van der Waals surface area contributed by atoms with Gasteiger partial charge in [0.15, 0.2) is 0 Å². The van der Waals surface area contributed by atoms with E-state index in [0.717, 1.165) is 13.2 Å². The van der Waals surface area contributed by atoms with E-state index in [9.17, 15) is 0 Å². The van der Waals surface area contributed by atoms with Crippen LogP contribution in [-0.2, 0) is 4.74 Å². The molecule has 0 spiro atoms. The molecule has 2 atom stereocenters. The number of likely N-dealkylation sites (tertiary alicyclic amines) is 1. The maximum atomic E-state index is 5.89. The number of ether oxygens (including phenoxy) is 1. The van der Waals surface area contributed by atoms with Crippen LogP contribution in [0.1, 0.15) is 32.6 Å². The molecule has 0 bridgehead atoms. The maximum Gasteiger partial charge on any atom is 0.0503 e. The highest BCUT2D eigenvalue weighted by atomic mass is 16.5. The second-order valence-electron chi connectivity index (χ2n) is 4.69. The van der Waals surface area contributed by atoms with Gasteiger partial charge in [-0.1, -0.05) is 19.8 Å². The van der Waals surface area contributed by atoms with Gasteiger partial charge in [0.05, 0.1) is 6.61 Å². The molecule has 3 nitrogen and oxygen atoms in total. The molecular formula is C12H26N2O. The molecule has 2 unspecified atom stereocenters. The van der Waals surface area contributed by atoms with Gasteiger partial charge in [-0.15, -0.1) is 0 Å². The summed E-state index contributed by atoms with van der Waals surface area (Å²) in [5.74, 6) is 0.540. The molecule has 1 heterocycles. The summed E-state index contributed by atoms with van der Waals surface area (Å²) in [7, 11) is 1.77. The van der Waals surface area contributed by atoms with Crippen LogP contribution < -0.4 is 5.73 Å². The monoisotopic (exact) mass is 214 g/mol. The van der Waals surface area contributed by atoms with Gasteiger partial charge in [0, 0.05) is 19.7 Å². The van der Waals surface area contributed by atoms with Crippen molar-refractivity contribution >= 4 is 0 Å². The minimum absolute atomic E-state index is 0.503. The minimum Gasteiger partial charge on any atom is -0.384 e. The highest BCUT2D eigenvalue weighted by Crippen LogP contribution is 2.17. The van der Waals surface area contributed by atoms with Crippen LogP contribution in [0.5, 0.6) is 0 Å². The molecule has 2 N–H and O–H groups in total. The second kappa shape index (κ2) is 7.20. The van der Waals surface area contributed by atoms with Gasteiger partial charge in [0.1, 0.15) is 0 Å². The molecule has 1 aliphatic rings. The van der Waals surface area contributed by atoms with Crippen molar-refractivity contribution in [2.45, 2.75) is 38.6 Å². The van der Waals surface area contributed by atoms with Crippen LogP contribution in [0.25, 0.3) is 0 Å². The lowest BCUT2D eigenvalue weighted by molar-refractivity contribution is 0.0868. The highest BCUT2D eigenvalue weighted by Gasteiger charge is 2.23. The first-order chi connectivity index (χ1) is 7.29. The summed E-state index contributed by atoms with van der Waals surface area (Å²) in [6.07, 6.45) is 5.42.